The molecule has 0 unspecified atom stereocenters. The molecular weight excluding hydrogens is 328 g/mol. The Morgan fingerprint density at radius 2 is 1.54 bits per heavy atom. The highest BCUT2D eigenvalue weighted by Gasteiger charge is 2.55. The summed E-state index contributed by atoms with van der Waals surface area (Å²) in [5.41, 5.74) is 2.45. The summed E-state index contributed by atoms with van der Waals surface area (Å²) < 4.78 is 24.4. The largest absolute Gasteiger partial charge is 0.368 e. The lowest BCUT2D eigenvalue weighted by Gasteiger charge is -2.26. The highest BCUT2D eigenvalue weighted by atomic mass is 16.8. The van der Waals surface area contributed by atoms with Crippen LogP contribution in [0.25, 0.3) is 0 Å². The maximum atomic E-state index is 6.27. The van der Waals surface area contributed by atoms with E-state index in [0.29, 0.717) is 6.61 Å². The Labute approximate surface area is 155 Å². The zero-order chi connectivity index (χ0) is 18.0. The molecule has 2 fully saturated rings. The highest BCUT2D eigenvalue weighted by molar-refractivity contribution is 5.15. The van der Waals surface area contributed by atoms with Crippen LogP contribution >= 0.6 is 0 Å². The Bertz CT molecular complexity index is 701. The third-order valence-corrected chi connectivity index (χ3v) is 4.93. The van der Waals surface area contributed by atoms with Crippen molar-refractivity contribution in [3.63, 3.8) is 0 Å². The van der Waals surface area contributed by atoms with Crippen LogP contribution in [0, 0.1) is 0 Å². The molecule has 0 saturated carbocycles. The second-order valence-corrected chi connectivity index (χ2v) is 7.43. The van der Waals surface area contributed by atoms with Crippen LogP contribution in [0.1, 0.15) is 31.4 Å². The minimum atomic E-state index is -0.631. The van der Waals surface area contributed by atoms with Crippen LogP contribution in [0.2, 0.25) is 0 Å². The van der Waals surface area contributed by atoms with E-state index in [0.717, 1.165) is 18.4 Å². The number of fused-ring (bicyclic) bond motifs is 1. The van der Waals surface area contributed by atoms with Gasteiger partial charge in [-0.25, -0.2) is 0 Å². The van der Waals surface area contributed by atoms with Gasteiger partial charge in [-0.3, -0.25) is 0 Å². The van der Waals surface area contributed by atoms with Crippen LogP contribution in [0.5, 0.6) is 0 Å². The summed E-state index contributed by atoms with van der Waals surface area (Å²) in [6.45, 7) is 4.38. The first-order valence-corrected chi connectivity index (χ1v) is 9.31. The van der Waals surface area contributed by atoms with E-state index in [2.05, 4.69) is 36.4 Å². The van der Waals surface area contributed by atoms with Crippen molar-refractivity contribution in [3.05, 3.63) is 71.8 Å². The fourth-order valence-corrected chi connectivity index (χ4v) is 3.70. The molecule has 0 bridgehead atoms. The molecule has 2 aromatic carbocycles. The molecular formula is C22H26O4. The van der Waals surface area contributed by atoms with Crippen molar-refractivity contribution in [3.8, 4) is 0 Å². The predicted molar refractivity (Wildman–Crippen MR) is 98.5 cm³/mol. The minimum absolute atomic E-state index is 0.0370. The zero-order valence-electron chi connectivity index (χ0n) is 15.3. The van der Waals surface area contributed by atoms with Crippen molar-refractivity contribution >= 4 is 0 Å². The topological polar surface area (TPSA) is 36.9 Å². The fraction of sp³-hybridized carbons (Fsp3) is 0.455. The molecule has 138 valence electrons. The number of benzene rings is 2. The fourth-order valence-electron chi connectivity index (χ4n) is 3.70. The molecule has 4 nitrogen and oxygen atoms in total. The Kier molecular flexibility index (Phi) is 5.09. The molecule has 2 saturated heterocycles. The summed E-state index contributed by atoms with van der Waals surface area (Å²) in [6, 6.07) is 20.7. The quantitative estimate of drug-likeness (QED) is 0.783. The van der Waals surface area contributed by atoms with E-state index in [9.17, 15) is 0 Å². The lowest BCUT2D eigenvalue weighted by atomic mass is 10.0. The van der Waals surface area contributed by atoms with Crippen LogP contribution in [0.4, 0.5) is 0 Å². The molecule has 0 aromatic heterocycles. The van der Waals surface area contributed by atoms with Gasteiger partial charge in [0, 0.05) is 0 Å². The Morgan fingerprint density at radius 1 is 0.885 bits per heavy atom. The van der Waals surface area contributed by atoms with Crippen LogP contribution in [0.3, 0.4) is 0 Å². The molecule has 2 aliphatic heterocycles. The van der Waals surface area contributed by atoms with E-state index < -0.39 is 5.79 Å². The average molecular weight is 354 g/mol. The molecule has 2 heterocycles. The van der Waals surface area contributed by atoms with Gasteiger partial charge in [-0.1, -0.05) is 60.7 Å². The number of hydrogen-bond donors (Lipinski definition) is 0. The van der Waals surface area contributed by atoms with Crippen molar-refractivity contribution in [1.29, 1.82) is 0 Å². The first-order valence-electron chi connectivity index (χ1n) is 9.31. The highest BCUT2D eigenvalue weighted by Crippen LogP contribution is 2.40. The van der Waals surface area contributed by atoms with Gasteiger partial charge in [-0.2, -0.15) is 0 Å². The van der Waals surface area contributed by atoms with Crippen LogP contribution in [-0.2, 0) is 32.0 Å². The number of hydrogen-bond acceptors (Lipinski definition) is 4. The first-order chi connectivity index (χ1) is 12.6. The smallest absolute Gasteiger partial charge is 0.190 e. The normalized spacial score (nSPS) is 29.6. The van der Waals surface area contributed by atoms with Gasteiger partial charge in [0.2, 0.25) is 0 Å². The summed E-state index contributed by atoms with van der Waals surface area (Å²) in [4.78, 5) is 0. The standard InChI is InChI=1S/C22H26O4/c1-22(2)25-20-19(23-15-17-11-7-4-8-12-17)18(24-21(20)26-22)14-13-16-9-5-3-6-10-16/h3-12,18-21H,13-15H2,1-2H3/t18-,19+,20-,21-/m1/s1. The lowest BCUT2D eigenvalue weighted by Crippen LogP contribution is -2.37. The Morgan fingerprint density at radius 3 is 2.23 bits per heavy atom. The van der Waals surface area contributed by atoms with Crippen molar-refractivity contribution in [2.45, 2.75) is 63.7 Å². The number of rotatable bonds is 6. The zero-order valence-corrected chi connectivity index (χ0v) is 15.3. The predicted octanol–water partition coefficient (Wildman–Crippen LogP) is 4.08. The molecule has 0 radical (unpaired) electrons. The van der Waals surface area contributed by atoms with Gasteiger partial charge in [0.05, 0.1) is 12.7 Å². The van der Waals surface area contributed by atoms with Crippen molar-refractivity contribution in [1.82, 2.24) is 0 Å². The molecule has 4 atom stereocenters. The third kappa shape index (κ3) is 3.99. The summed E-state index contributed by atoms with van der Waals surface area (Å²) in [6.07, 6.45) is 1.11. The van der Waals surface area contributed by atoms with E-state index in [1.807, 2.05) is 38.1 Å². The monoisotopic (exact) mass is 354 g/mol. The molecule has 0 spiro atoms. The summed E-state index contributed by atoms with van der Waals surface area (Å²) in [5, 5.41) is 0. The van der Waals surface area contributed by atoms with Crippen molar-refractivity contribution in [2.24, 2.45) is 0 Å². The van der Waals surface area contributed by atoms with Gasteiger partial charge in [0.15, 0.2) is 12.1 Å². The van der Waals surface area contributed by atoms with E-state index in [-0.39, 0.29) is 24.6 Å². The second-order valence-electron chi connectivity index (χ2n) is 7.43. The third-order valence-electron chi connectivity index (χ3n) is 4.93. The van der Waals surface area contributed by atoms with E-state index >= 15 is 0 Å². The van der Waals surface area contributed by atoms with Crippen LogP contribution in [0.15, 0.2) is 60.7 Å². The van der Waals surface area contributed by atoms with Crippen molar-refractivity contribution < 1.29 is 18.9 Å². The maximum absolute atomic E-state index is 6.27. The van der Waals surface area contributed by atoms with E-state index in [1.54, 1.807) is 0 Å². The second kappa shape index (κ2) is 7.49. The van der Waals surface area contributed by atoms with Gasteiger partial charge < -0.3 is 18.9 Å². The molecule has 4 heteroatoms. The van der Waals surface area contributed by atoms with Gasteiger partial charge in [0.25, 0.3) is 0 Å². The van der Waals surface area contributed by atoms with Gasteiger partial charge in [-0.15, -0.1) is 0 Å². The molecule has 26 heavy (non-hydrogen) atoms. The van der Waals surface area contributed by atoms with Crippen LogP contribution in [-0.4, -0.2) is 30.4 Å². The van der Waals surface area contributed by atoms with Gasteiger partial charge >= 0.3 is 0 Å². The van der Waals surface area contributed by atoms with Crippen LogP contribution < -0.4 is 0 Å². The van der Waals surface area contributed by atoms with Gasteiger partial charge in [-0.05, 0) is 37.8 Å². The number of aryl methyl sites for hydroxylation is 1. The summed E-state index contributed by atoms with van der Waals surface area (Å²) in [5.74, 6) is -0.631. The average Bonchev–Trinajstić information content (AvgIpc) is 3.11. The Balaban J connectivity index is 1.43. The SMILES string of the molecule is CC1(C)O[C@H]2O[C@H](CCc3ccccc3)[C@H](OCc3ccccc3)[C@H]2O1. The lowest BCUT2D eigenvalue weighted by molar-refractivity contribution is -0.219. The molecule has 2 aromatic rings. The first kappa shape index (κ1) is 17.7. The number of ether oxygens (including phenoxy) is 4. The molecule has 0 amide bonds. The molecule has 4 rings (SSSR count). The summed E-state index contributed by atoms with van der Waals surface area (Å²) in [7, 11) is 0. The Hall–Kier alpha value is -1.72. The van der Waals surface area contributed by atoms with Crippen molar-refractivity contribution in [2.75, 3.05) is 0 Å². The van der Waals surface area contributed by atoms with Gasteiger partial charge in [0.1, 0.15) is 12.2 Å². The minimum Gasteiger partial charge on any atom is -0.368 e. The molecule has 0 aliphatic carbocycles. The molecule has 2 aliphatic rings. The summed E-state index contributed by atoms with van der Waals surface area (Å²) >= 11 is 0. The molecule has 0 N–H and O–H groups in total. The maximum Gasteiger partial charge on any atom is 0.190 e. The van der Waals surface area contributed by atoms with E-state index in [1.165, 1.54) is 5.56 Å². The van der Waals surface area contributed by atoms with E-state index in [4.69, 9.17) is 18.9 Å².